The van der Waals surface area contributed by atoms with Crippen molar-refractivity contribution in [1.29, 1.82) is 0 Å². The van der Waals surface area contributed by atoms with Crippen LogP contribution in [-0.4, -0.2) is 33.5 Å². The molecule has 0 heterocycles. The van der Waals surface area contributed by atoms with E-state index in [2.05, 4.69) is 10.0 Å². The second-order valence-electron chi connectivity index (χ2n) is 5.42. The fraction of sp³-hybridized carbons (Fsp3) is 0.533. The first kappa shape index (κ1) is 18.4. The van der Waals surface area contributed by atoms with Gasteiger partial charge in [0, 0.05) is 17.6 Å². The normalized spacial score (nSPS) is 13.0. The molecule has 2 N–H and O–H groups in total. The average molecular weight is 328 g/mol. The molecule has 1 aromatic carbocycles. The van der Waals surface area contributed by atoms with Crippen LogP contribution in [0.5, 0.6) is 5.75 Å². The minimum atomic E-state index is -3.75. The number of nitrogens with one attached hydrogen (secondary N) is 2. The number of rotatable bonds is 7. The van der Waals surface area contributed by atoms with Crippen molar-refractivity contribution in [3.8, 4) is 5.75 Å². The Kier molecular flexibility index (Phi) is 6.37. The predicted molar refractivity (Wildman–Crippen MR) is 85.7 cm³/mol. The molecule has 6 nitrogen and oxygen atoms in total. The van der Waals surface area contributed by atoms with Gasteiger partial charge < -0.3 is 10.1 Å². The smallest absolute Gasteiger partial charge is 0.251 e. The maximum atomic E-state index is 12.4. The lowest BCUT2D eigenvalue weighted by Gasteiger charge is -2.15. The number of methoxy groups -OCH3 is 1. The SMILES string of the molecule is CC[C@@H](C)NC(=O)c1ccc(OC)c(S(=O)(=O)NC(C)C)c1. The number of sulfonamides is 1. The third-order valence-electron chi connectivity index (χ3n) is 3.10. The highest BCUT2D eigenvalue weighted by Crippen LogP contribution is 2.25. The van der Waals surface area contributed by atoms with Crippen molar-refractivity contribution in [2.45, 2.75) is 51.1 Å². The standard InChI is InChI=1S/C15H24N2O4S/c1-6-11(4)16-15(18)12-7-8-13(21-5)14(9-12)22(19,20)17-10(2)3/h7-11,17H,6H2,1-5H3,(H,16,18)/t11-/m1/s1. The highest BCUT2D eigenvalue weighted by Gasteiger charge is 2.22. The summed E-state index contributed by atoms with van der Waals surface area (Å²) in [4.78, 5) is 12.1. The summed E-state index contributed by atoms with van der Waals surface area (Å²) in [5.74, 6) is -0.105. The average Bonchev–Trinajstić information content (AvgIpc) is 2.44. The Morgan fingerprint density at radius 2 is 1.91 bits per heavy atom. The summed E-state index contributed by atoms with van der Waals surface area (Å²) in [6, 6.07) is 4.13. The third-order valence-corrected chi connectivity index (χ3v) is 4.78. The molecule has 22 heavy (non-hydrogen) atoms. The molecule has 0 aromatic heterocycles. The van der Waals surface area contributed by atoms with Gasteiger partial charge in [0.15, 0.2) is 0 Å². The van der Waals surface area contributed by atoms with E-state index in [0.717, 1.165) is 6.42 Å². The lowest BCUT2D eigenvalue weighted by atomic mass is 10.2. The maximum absolute atomic E-state index is 12.4. The Balaban J connectivity index is 3.22. The highest BCUT2D eigenvalue weighted by molar-refractivity contribution is 7.89. The van der Waals surface area contributed by atoms with Crippen LogP contribution in [0, 0.1) is 0 Å². The van der Waals surface area contributed by atoms with Crippen LogP contribution in [0.1, 0.15) is 44.5 Å². The fourth-order valence-electron chi connectivity index (χ4n) is 1.81. The summed E-state index contributed by atoms with van der Waals surface area (Å²) in [6.07, 6.45) is 0.794. The van der Waals surface area contributed by atoms with Crippen LogP contribution in [0.3, 0.4) is 0 Å². The van der Waals surface area contributed by atoms with Gasteiger partial charge in [0.2, 0.25) is 10.0 Å². The second-order valence-corrected chi connectivity index (χ2v) is 7.11. The second kappa shape index (κ2) is 7.60. The zero-order chi connectivity index (χ0) is 16.9. The van der Waals surface area contributed by atoms with Gasteiger partial charge in [-0.15, -0.1) is 0 Å². The molecule has 1 rings (SSSR count). The van der Waals surface area contributed by atoms with Gasteiger partial charge in [-0.1, -0.05) is 6.92 Å². The first-order valence-corrected chi connectivity index (χ1v) is 8.70. The van der Waals surface area contributed by atoms with Crippen molar-refractivity contribution in [3.05, 3.63) is 23.8 Å². The van der Waals surface area contributed by atoms with Gasteiger partial charge >= 0.3 is 0 Å². The predicted octanol–water partition coefficient (Wildman–Crippen LogP) is 1.91. The molecule has 0 saturated heterocycles. The van der Waals surface area contributed by atoms with E-state index in [1.165, 1.54) is 19.2 Å². The van der Waals surface area contributed by atoms with Crippen LogP contribution in [0.2, 0.25) is 0 Å². The summed E-state index contributed by atoms with van der Waals surface area (Å²) in [5, 5.41) is 2.81. The first-order valence-electron chi connectivity index (χ1n) is 7.22. The topological polar surface area (TPSA) is 84.5 Å². The Morgan fingerprint density at radius 3 is 2.41 bits per heavy atom. The van der Waals surface area contributed by atoms with E-state index in [0.29, 0.717) is 0 Å². The minimum absolute atomic E-state index is 0.0171. The molecular weight excluding hydrogens is 304 g/mol. The van der Waals surface area contributed by atoms with E-state index in [1.54, 1.807) is 19.9 Å². The van der Waals surface area contributed by atoms with Crippen molar-refractivity contribution in [2.24, 2.45) is 0 Å². The van der Waals surface area contributed by atoms with Crippen molar-refractivity contribution in [2.75, 3.05) is 7.11 Å². The van der Waals surface area contributed by atoms with Gasteiger partial charge in [0.25, 0.3) is 5.91 Å². The van der Waals surface area contributed by atoms with E-state index >= 15 is 0 Å². The van der Waals surface area contributed by atoms with Crippen molar-refractivity contribution in [3.63, 3.8) is 0 Å². The van der Waals surface area contributed by atoms with E-state index in [-0.39, 0.29) is 34.2 Å². The van der Waals surface area contributed by atoms with E-state index in [4.69, 9.17) is 4.74 Å². The van der Waals surface area contributed by atoms with E-state index < -0.39 is 10.0 Å². The third kappa shape index (κ3) is 4.71. The number of benzene rings is 1. The zero-order valence-corrected chi connectivity index (χ0v) is 14.5. The van der Waals surface area contributed by atoms with Crippen molar-refractivity contribution in [1.82, 2.24) is 10.0 Å². The van der Waals surface area contributed by atoms with Gasteiger partial charge in [0.05, 0.1) is 7.11 Å². The van der Waals surface area contributed by atoms with Crippen LogP contribution >= 0.6 is 0 Å². The largest absolute Gasteiger partial charge is 0.495 e. The van der Waals surface area contributed by atoms with Gasteiger partial charge in [0.1, 0.15) is 10.6 Å². The Bertz CT molecular complexity index is 626. The molecule has 124 valence electrons. The highest BCUT2D eigenvalue weighted by atomic mass is 32.2. The molecule has 0 saturated carbocycles. The number of hydrogen-bond donors (Lipinski definition) is 2. The molecular formula is C15H24N2O4S. The van der Waals surface area contributed by atoms with Crippen LogP contribution in [0.25, 0.3) is 0 Å². The van der Waals surface area contributed by atoms with Gasteiger partial charge in [-0.25, -0.2) is 13.1 Å². The molecule has 1 atom stereocenters. The van der Waals surface area contributed by atoms with Gasteiger partial charge in [-0.05, 0) is 45.4 Å². The number of carbonyl (C=O) groups excluding carboxylic acids is 1. The summed E-state index contributed by atoms with van der Waals surface area (Å²) >= 11 is 0. The Labute approximate surface area is 132 Å². The molecule has 0 aliphatic heterocycles. The molecule has 7 heteroatoms. The summed E-state index contributed by atoms with van der Waals surface area (Å²) in [5.41, 5.74) is 0.283. The van der Waals surface area contributed by atoms with Crippen LogP contribution < -0.4 is 14.8 Å². The molecule has 0 bridgehead atoms. The van der Waals surface area contributed by atoms with Crippen LogP contribution in [0.4, 0.5) is 0 Å². The lowest BCUT2D eigenvalue weighted by Crippen LogP contribution is -2.33. The quantitative estimate of drug-likeness (QED) is 0.801. The number of ether oxygens (including phenoxy) is 1. The van der Waals surface area contributed by atoms with Gasteiger partial charge in [-0.3, -0.25) is 4.79 Å². The summed E-state index contributed by atoms with van der Waals surface area (Å²) in [7, 11) is -2.36. The molecule has 1 amide bonds. The fourth-order valence-corrected chi connectivity index (χ4v) is 3.26. The minimum Gasteiger partial charge on any atom is -0.495 e. The van der Waals surface area contributed by atoms with Crippen LogP contribution in [-0.2, 0) is 10.0 Å². The monoisotopic (exact) mass is 328 g/mol. The number of hydrogen-bond acceptors (Lipinski definition) is 4. The van der Waals surface area contributed by atoms with E-state index in [9.17, 15) is 13.2 Å². The molecule has 1 aromatic rings. The zero-order valence-electron chi connectivity index (χ0n) is 13.6. The molecule has 0 radical (unpaired) electrons. The first-order chi connectivity index (χ1) is 10.2. The molecule has 0 spiro atoms. The lowest BCUT2D eigenvalue weighted by molar-refractivity contribution is 0.0939. The molecule has 0 aliphatic carbocycles. The Morgan fingerprint density at radius 1 is 1.27 bits per heavy atom. The number of amides is 1. The Hall–Kier alpha value is -1.60. The van der Waals surface area contributed by atoms with Crippen LogP contribution in [0.15, 0.2) is 23.1 Å². The molecule has 0 aliphatic rings. The maximum Gasteiger partial charge on any atom is 0.251 e. The molecule has 0 unspecified atom stereocenters. The van der Waals surface area contributed by atoms with Crippen molar-refractivity contribution < 1.29 is 17.9 Å². The van der Waals surface area contributed by atoms with E-state index in [1.807, 2.05) is 13.8 Å². The van der Waals surface area contributed by atoms with Gasteiger partial charge in [-0.2, -0.15) is 0 Å². The number of carbonyl (C=O) groups is 1. The summed E-state index contributed by atoms with van der Waals surface area (Å²) < 4.78 is 32.3. The van der Waals surface area contributed by atoms with Crippen molar-refractivity contribution >= 4 is 15.9 Å². The summed E-state index contributed by atoms with van der Waals surface area (Å²) in [6.45, 7) is 7.30. The molecule has 0 fully saturated rings.